The second kappa shape index (κ2) is 6.21. The van der Waals surface area contributed by atoms with Crippen molar-refractivity contribution in [3.8, 4) is 0 Å². The zero-order valence-electron chi connectivity index (χ0n) is 11.0. The Hall–Kier alpha value is -1.33. The van der Waals surface area contributed by atoms with Crippen LogP contribution in [0.3, 0.4) is 0 Å². The minimum atomic E-state index is 0.0275. The van der Waals surface area contributed by atoms with Gasteiger partial charge in [-0.05, 0) is 24.5 Å². The number of nitrogens with one attached hydrogen (secondary N) is 1. The number of rotatable bonds is 3. The van der Waals surface area contributed by atoms with Gasteiger partial charge in [0, 0.05) is 38.8 Å². The van der Waals surface area contributed by atoms with Gasteiger partial charge >= 0.3 is 0 Å². The van der Waals surface area contributed by atoms with E-state index in [4.69, 9.17) is 17.3 Å². The number of hydrogen-bond donors (Lipinski definition) is 2. The van der Waals surface area contributed by atoms with Gasteiger partial charge in [-0.15, -0.1) is 0 Å². The first-order valence-corrected chi connectivity index (χ1v) is 6.85. The monoisotopic (exact) mass is 282 g/mol. The summed E-state index contributed by atoms with van der Waals surface area (Å²) in [5.41, 5.74) is 6.56. The summed E-state index contributed by atoms with van der Waals surface area (Å²) in [7, 11) is 0. The molecular formula is C13H19ClN4O. The second-order valence-corrected chi connectivity index (χ2v) is 5.15. The SMILES string of the molecule is CC(=O)NC1CCN(c2nccc(CN)c2Cl)CC1. The Morgan fingerprint density at radius 3 is 2.84 bits per heavy atom. The molecule has 1 aromatic heterocycles. The minimum Gasteiger partial charge on any atom is -0.355 e. The van der Waals surface area contributed by atoms with Crippen molar-refractivity contribution in [3.63, 3.8) is 0 Å². The summed E-state index contributed by atoms with van der Waals surface area (Å²) in [5.74, 6) is 0.825. The Morgan fingerprint density at radius 1 is 1.58 bits per heavy atom. The van der Waals surface area contributed by atoms with Crippen molar-refractivity contribution in [1.29, 1.82) is 0 Å². The zero-order chi connectivity index (χ0) is 13.8. The fraction of sp³-hybridized carbons (Fsp3) is 0.538. The van der Waals surface area contributed by atoms with Crippen molar-refractivity contribution in [3.05, 3.63) is 22.8 Å². The molecule has 19 heavy (non-hydrogen) atoms. The average Bonchev–Trinajstić information content (AvgIpc) is 2.39. The number of amides is 1. The molecule has 2 rings (SSSR count). The maximum atomic E-state index is 11.0. The molecule has 0 radical (unpaired) electrons. The van der Waals surface area contributed by atoms with Crippen molar-refractivity contribution in [2.75, 3.05) is 18.0 Å². The van der Waals surface area contributed by atoms with Crippen molar-refractivity contribution in [1.82, 2.24) is 10.3 Å². The average molecular weight is 283 g/mol. The molecule has 1 aromatic rings. The molecule has 6 heteroatoms. The van der Waals surface area contributed by atoms with E-state index in [1.807, 2.05) is 6.07 Å². The first kappa shape index (κ1) is 14.1. The van der Waals surface area contributed by atoms with Crippen LogP contribution >= 0.6 is 11.6 Å². The minimum absolute atomic E-state index is 0.0275. The fourth-order valence-electron chi connectivity index (χ4n) is 2.37. The van der Waals surface area contributed by atoms with Crippen LogP contribution in [0.1, 0.15) is 25.3 Å². The second-order valence-electron chi connectivity index (χ2n) is 4.77. The molecule has 0 saturated carbocycles. The fourth-order valence-corrected chi connectivity index (χ4v) is 2.68. The molecule has 0 unspecified atom stereocenters. The zero-order valence-corrected chi connectivity index (χ0v) is 11.8. The van der Waals surface area contributed by atoms with Gasteiger partial charge in [0.25, 0.3) is 0 Å². The highest BCUT2D eigenvalue weighted by molar-refractivity contribution is 6.33. The van der Waals surface area contributed by atoms with Gasteiger partial charge in [-0.2, -0.15) is 0 Å². The van der Waals surface area contributed by atoms with E-state index in [-0.39, 0.29) is 11.9 Å². The third kappa shape index (κ3) is 3.36. The number of hydrogen-bond acceptors (Lipinski definition) is 4. The topological polar surface area (TPSA) is 71.2 Å². The third-order valence-electron chi connectivity index (χ3n) is 3.37. The van der Waals surface area contributed by atoms with Gasteiger partial charge in [-0.3, -0.25) is 4.79 Å². The number of aromatic nitrogens is 1. The highest BCUT2D eigenvalue weighted by Gasteiger charge is 2.22. The predicted molar refractivity (Wildman–Crippen MR) is 76.2 cm³/mol. The summed E-state index contributed by atoms with van der Waals surface area (Å²) in [6.07, 6.45) is 3.55. The van der Waals surface area contributed by atoms with E-state index < -0.39 is 0 Å². The lowest BCUT2D eigenvalue weighted by Gasteiger charge is -2.33. The largest absolute Gasteiger partial charge is 0.355 e. The molecule has 1 saturated heterocycles. The summed E-state index contributed by atoms with van der Waals surface area (Å²) in [5, 5.41) is 3.59. The molecule has 5 nitrogen and oxygen atoms in total. The molecule has 0 bridgehead atoms. The van der Waals surface area contributed by atoms with Crippen LogP contribution in [0.25, 0.3) is 0 Å². The Kier molecular flexibility index (Phi) is 4.61. The molecule has 0 spiro atoms. The maximum absolute atomic E-state index is 11.0. The smallest absolute Gasteiger partial charge is 0.217 e. The number of nitrogens with two attached hydrogens (primary N) is 1. The van der Waals surface area contributed by atoms with Gasteiger partial charge in [-0.25, -0.2) is 4.98 Å². The molecule has 0 atom stereocenters. The quantitative estimate of drug-likeness (QED) is 0.877. The number of nitrogens with zero attached hydrogens (tertiary/aromatic N) is 2. The van der Waals surface area contributed by atoms with Gasteiger partial charge in [0.1, 0.15) is 5.82 Å². The molecular weight excluding hydrogens is 264 g/mol. The molecule has 0 aromatic carbocycles. The van der Waals surface area contributed by atoms with Gasteiger partial charge in [0.05, 0.1) is 5.02 Å². The van der Waals surface area contributed by atoms with Crippen LogP contribution in [0, 0.1) is 0 Å². The molecule has 1 amide bonds. The molecule has 1 aliphatic rings. The van der Waals surface area contributed by atoms with Gasteiger partial charge in [0.15, 0.2) is 0 Å². The van der Waals surface area contributed by atoms with E-state index in [9.17, 15) is 4.79 Å². The number of piperidine rings is 1. The van der Waals surface area contributed by atoms with Crippen LogP contribution in [-0.2, 0) is 11.3 Å². The van der Waals surface area contributed by atoms with Crippen molar-refractivity contribution in [2.45, 2.75) is 32.4 Å². The summed E-state index contributed by atoms with van der Waals surface area (Å²) in [4.78, 5) is 17.5. The Morgan fingerprint density at radius 2 is 2.26 bits per heavy atom. The standard InChI is InChI=1S/C13H19ClN4O/c1-9(19)17-11-3-6-18(7-4-11)13-12(14)10(8-15)2-5-16-13/h2,5,11H,3-4,6-8,15H2,1H3,(H,17,19). The lowest BCUT2D eigenvalue weighted by atomic mass is 10.0. The van der Waals surface area contributed by atoms with Crippen LogP contribution in [0.2, 0.25) is 5.02 Å². The van der Waals surface area contributed by atoms with E-state index >= 15 is 0 Å². The van der Waals surface area contributed by atoms with Gasteiger partial charge < -0.3 is 16.0 Å². The molecule has 1 aliphatic heterocycles. The summed E-state index contributed by atoms with van der Waals surface area (Å²) < 4.78 is 0. The van der Waals surface area contributed by atoms with Crippen LogP contribution in [0.5, 0.6) is 0 Å². The summed E-state index contributed by atoms with van der Waals surface area (Å²) in [6.45, 7) is 3.64. The lowest BCUT2D eigenvalue weighted by Crippen LogP contribution is -2.44. The van der Waals surface area contributed by atoms with E-state index in [1.165, 1.54) is 0 Å². The first-order valence-electron chi connectivity index (χ1n) is 6.47. The first-order chi connectivity index (χ1) is 9.11. The van der Waals surface area contributed by atoms with Crippen LogP contribution in [-0.4, -0.2) is 30.0 Å². The molecule has 2 heterocycles. The third-order valence-corrected chi connectivity index (χ3v) is 3.78. The Bertz CT molecular complexity index is 458. The van der Waals surface area contributed by atoms with Crippen LogP contribution in [0.4, 0.5) is 5.82 Å². The highest BCUT2D eigenvalue weighted by atomic mass is 35.5. The summed E-state index contributed by atoms with van der Waals surface area (Å²) >= 11 is 6.31. The van der Waals surface area contributed by atoms with Gasteiger partial charge in [-0.1, -0.05) is 11.6 Å². The summed E-state index contributed by atoms with van der Waals surface area (Å²) in [6, 6.07) is 2.10. The lowest BCUT2D eigenvalue weighted by molar-refractivity contribution is -0.119. The van der Waals surface area contributed by atoms with Crippen LogP contribution in [0.15, 0.2) is 12.3 Å². The Balaban J connectivity index is 2.03. The molecule has 104 valence electrons. The highest BCUT2D eigenvalue weighted by Crippen LogP contribution is 2.28. The number of carbonyl (C=O) groups excluding carboxylic acids is 1. The number of carbonyl (C=O) groups is 1. The van der Waals surface area contributed by atoms with E-state index in [0.29, 0.717) is 11.6 Å². The molecule has 0 aliphatic carbocycles. The number of halogens is 1. The van der Waals surface area contributed by atoms with Crippen molar-refractivity contribution in [2.24, 2.45) is 5.73 Å². The van der Waals surface area contributed by atoms with Crippen LogP contribution < -0.4 is 16.0 Å². The maximum Gasteiger partial charge on any atom is 0.217 e. The van der Waals surface area contributed by atoms with E-state index in [1.54, 1.807) is 13.1 Å². The normalized spacial score (nSPS) is 16.5. The number of pyridine rings is 1. The van der Waals surface area contributed by atoms with Crippen molar-refractivity contribution >= 4 is 23.3 Å². The van der Waals surface area contributed by atoms with Crippen molar-refractivity contribution < 1.29 is 4.79 Å². The van der Waals surface area contributed by atoms with E-state index in [2.05, 4.69) is 15.2 Å². The van der Waals surface area contributed by atoms with Gasteiger partial charge in [0.2, 0.25) is 5.91 Å². The Labute approximate surface area is 118 Å². The van der Waals surface area contributed by atoms with E-state index in [0.717, 1.165) is 37.3 Å². The molecule has 3 N–H and O–H groups in total. The molecule has 1 fully saturated rings. The predicted octanol–water partition coefficient (Wildman–Crippen LogP) is 1.30. The number of anilines is 1.